The maximum atomic E-state index is 12.0. The highest BCUT2D eigenvalue weighted by atomic mass is 35.5. The smallest absolute Gasteiger partial charge is 0.223 e. The molecule has 1 atom stereocenters. The van der Waals surface area contributed by atoms with E-state index in [0.717, 1.165) is 37.6 Å². The van der Waals surface area contributed by atoms with Crippen molar-refractivity contribution >= 4 is 17.5 Å². The van der Waals surface area contributed by atoms with Crippen LogP contribution in [-0.2, 0) is 22.5 Å². The molecule has 0 bridgehead atoms. The summed E-state index contributed by atoms with van der Waals surface area (Å²) in [6.45, 7) is 5.15. The summed E-state index contributed by atoms with van der Waals surface area (Å²) >= 11 is 6.27. The number of halogens is 1. The van der Waals surface area contributed by atoms with E-state index < -0.39 is 0 Å². The predicted molar refractivity (Wildman–Crippen MR) is 87.0 cm³/mol. The summed E-state index contributed by atoms with van der Waals surface area (Å²) in [5, 5.41) is 0.888. The molecule has 1 aromatic carbocycles. The van der Waals surface area contributed by atoms with Gasteiger partial charge in [-0.15, -0.1) is 0 Å². The number of hydrogen-bond acceptors (Lipinski definition) is 3. The first-order valence-electron chi connectivity index (χ1n) is 7.92. The molecule has 0 N–H and O–H groups in total. The summed E-state index contributed by atoms with van der Waals surface area (Å²) in [7, 11) is 1.67. The molecule has 3 rings (SSSR count). The van der Waals surface area contributed by atoms with Crippen LogP contribution in [0.3, 0.4) is 0 Å². The van der Waals surface area contributed by atoms with Gasteiger partial charge in [0, 0.05) is 51.3 Å². The predicted octanol–water partition coefficient (Wildman–Crippen LogP) is 2.19. The molecule has 2 aliphatic heterocycles. The first-order chi connectivity index (χ1) is 10.7. The summed E-state index contributed by atoms with van der Waals surface area (Å²) in [5.74, 6) is 0.701. The van der Waals surface area contributed by atoms with Gasteiger partial charge in [0.15, 0.2) is 0 Å². The van der Waals surface area contributed by atoms with Crippen molar-refractivity contribution in [3.63, 3.8) is 0 Å². The molecule has 0 aliphatic carbocycles. The first-order valence-corrected chi connectivity index (χ1v) is 8.30. The molecule has 1 saturated heterocycles. The second kappa shape index (κ2) is 6.99. The molecule has 0 saturated carbocycles. The minimum Gasteiger partial charge on any atom is -0.383 e. The van der Waals surface area contributed by atoms with Crippen LogP contribution in [0.4, 0.5) is 0 Å². The van der Waals surface area contributed by atoms with Crippen LogP contribution in [0.1, 0.15) is 17.5 Å². The second-order valence-corrected chi connectivity index (χ2v) is 6.67. The molecule has 1 fully saturated rings. The molecule has 0 unspecified atom stereocenters. The van der Waals surface area contributed by atoms with E-state index in [-0.39, 0.29) is 5.91 Å². The topological polar surface area (TPSA) is 32.8 Å². The Morgan fingerprint density at radius 3 is 3.09 bits per heavy atom. The maximum Gasteiger partial charge on any atom is 0.223 e. The Labute approximate surface area is 137 Å². The molecule has 2 heterocycles. The molecule has 0 aromatic heterocycles. The van der Waals surface area contributed by atoms with Gasteiger partial charge in [0.1, 0.15) is 0 Å². The van der Waals surface area contributed by atoms with Crippen LogP contribution in [-0.4, -0.2) is 55.6 Å². The van der Waals surface area contributed by atoms with Gasteiger partial charge in [0.05, 0.1) is 6.61 Å². The molecule has 0 spiro atoms. The summed E-state index contributed by atoms with van der Waals surface area (Å²) in [6, 6.07) is 6.16. The van der Waals surface area contributed by atoms with Crippen molar-refractivity contribution in [1.82, 2.24) is 9.80 Å². The third-order valence-corrected chi connectivity index (χ3v) is 5.02. The van der Waals surface area contributed by atoms with Crippen LogP contribution in [0.15, 0.2) is 18.2 Å². The van der Waals surface area contributed by atoms with Crippen LogP contribution in [0, 0.1) is 5.92 Å². The first kappa shape index (κ1) is 15.8. The lowest BCUT2D eigenvalue weighted by Crippen LogP contribution is -2.36. The van der Waals surface area contributed by atoms with Crippen molar-refractivity contribution in [3.8, 4) is 0 Å². The number of amides is 1. The van der Waals surface area contributed by atoms with Gasteiger partial charge in [-0.3, -0.25) is 9.69 Å². The number of likely N-dealkylation sites (tertiary alicyclic amines) is 1. The Balaban J connectivity index is 1.56. The molecule has 1 amide bonds. The number of methoxy groups -OCH3 is 1. The van der Waals surface area contributed by atoms with Crippen molar-refractivity contribution < 1.29 is 9.53 Å². The van der Waals surface area contributed by atoms with Gasteiger partial charge in [-0.05, 0) is 29.5 Å². The number of benzene rings is 1. The monoisotopic (exact) mass is 322 g/mol. The Morgan fingerprint density at radius 2 is 2.27 bits per heavy atom. The average molecular weight is 323 g/mol. The van der Waals surface area contributed by atoms with Crippen molar-refractivity contribution in [2.45, 2.75) is 19.4 Å². The van der Waals surface area contributed by atoms with E-state index in [1.165, 1.54) is 11.1 Å². The van der Waals surface area contributed by atoms with Crippen LogP contribution >= 0.6 is 11.6 Å². The van der Waals surface area contributed by atoms with E-state index in [4.69, 9.17) is 16.3 Å². The van der Waals surface area contributed by atoms with Gasteiger partial charge in [-0.25, -0.2) is 0 Å². The minimum atomic E-state index is 0.266. The average Bonchev–Trinajstić information content (AvgIpc) is 2.85. The van der Waals surface area contributed by atoms with Gasteiger partial charge in [-0.1, -0.05) is 23.7 Å². The summed E-state index contributed by atoms with van der Waals surface area (Å²) < 4.78 is 5.07. The number of nitrogens with zero attached hydrogens (tertiary/aromatic N) is 2. The summed E-state index contributed by atoms with van der Waals surface area (Å²) in [4.78, 5) is 16.4. The number of carbonyl (C=O) groups excluding carboxylic acids is 1. The van der Waals surface area contributed by atoms with E-state index in [9.17, 15) is 4.79 Å². The third-order valence-electron chi connectivity index (χ3n) is 4.66. The van der Waals surface area contributed by atoms with E-state index in [2.05, 4.69) is 11.0 Å². The molecule has 1 aromatic rings. The fourth-order valence-corrected chi connectivity index (χ4v) is 3.82. The fraction of sp³-hybridized carbons (Fsp3) is 0.588. The van der Waals surface area contributed by atoms with Crippen LogP contribution in [0.25, 0.3) is 0 Å². The van der Waals surface area contributed by atoms with Crippen molar-refractivity contribution in [2.24, 2.45) is 5.92 Å². The Morgan fingerprint density at radius 1 is 1.41 bits per heavy atom. The van der Waals surface area contributed by atoms with Crippen molar-refractivity contribution in [2.75, 3.05) is 39.9 Å². The SMILES string of the molecule is COCCN1C[C@@H](CN2CCc3c(Cl)cccc3C2)CC1=O. The largest absolute Gasteiger partial charge is 0.383 e. The quantitative estimate of drug-likeness (QED) is 0.833. The number of fused-ring (bicyclic) bond motifs is 1. The van der Waals surface area contributed by atoms with E-state index in [1.54, 1.807) is 7.11 Å². The van der Waals surface area contributed by atoms with Gasteiger partial charge in [-0.2, -0.15) is 0 Å². The lowest BCUT2D eigenvalue weighted by molar-refractivity contribution is -0.128. The molecule has 22 heavy (non-hydrogen) atoms. The summed E-state index contributed by atoms with van der Waals surface area (Å²) in [6.07, 6.45) is 1.67. The number of rotatable bonds is 5. The lowest BCUT2D eigenvalue weighted by atomic mass is 9.98. The van der Waals surface area contributed by atoms with Crippen LogP contribution in [0.2, 0.25) is 5.02 Å². The summed E-state index contributed by atoms with van der Waals surface area (Å²) in [5.41, 5.74) is 2.63. The standard InChI is InChI=1S/C17H23ClN2O2/c1-22-8-7-20-11-13(9-17(20)21)10-19-6-5-15-14(12-19)3-2-4-16(15)18/h2-4,13H,5-12H2,1H3/t13-/m1/s1. The minimum absolute atomic E-state index is 0.266. The van der Waals surface area contributed by atoms with Gasteiger partial charge < -0.3 is 9.64 Å². The number of carbonyl (C=O) groups is 1. The Hall–Kier alpha value is -1.10. The fourth-order valence-electron chi connectivity index (χ4n) is 3.54. The Bertz CT molecular complexity index is 549. The highest BCUT2D eigenvalue weighted by molar-refractivity contribution is 6.31. The second-order valence-electron chi connectivity index (χ2n) is 6.27. The van der Waals surface area contributed by atoms with Gasteiger partial charge in [0.2, 0.25) is 5.91 Å². The molecule has 120 valence electrons. The highest BCUT2D eigenvalue weighted by Gasteiger charge is 2.31. The number of hydrogen-bond donors (Lipinski definition) is 0. The molecule has 4 nitrogen and oxygen atoms in total. The zero-order chi connectivity index (χ0) is 15.5. The van der Waals surface area contributed by atoms with Crippen LogP contribution in [0.5, 0.6) is 0 Å². The molecule has 5 heteroatoms. The van der Waals surface area contributed by atoms with Crippen molar-refractivity contribution in [1.29, 1.82) is 0 Å². The van der Waals surface area contributed by atoms with E-state index in [1.807, 2.05) is 17.0 Å². The Kier molecular flexibility index (Phi) is 5.01. The molecule has 2 aliphatic rings. The molecule has 0 radical (unpaired) electrons. The maximum absolute atomic E-state index is 12.0. The van der Waals surface area contributed by atoms with E-state index >= 15 is 0 Å². The van der Waals surface area contributed by atoms with E-state index in [0.29, 0.717) is 25.5 Å². The molecular weight excluding hydrogens is 300 g/mol. The molecular formula is C17H23ClN2O2. The van der Waals surface area contributed by atoms with Crippen molar-refractivity contribution in [3.05, 3.63) is 34.3 Å². The van der Waals surface area contributed by atoms with Gasteiger partial charge >= 0.3 is 0 Å². The number of ether oxygens (including phenoxy) is 1. The van der Waals surface area contributed by atoms with Crippen LogP contribution < -0.4 is 0 Å². The zero-order valence-corrected chi connectivity index (χ0v) is 13.8. The highest BCUT2D eigenvalue weighted by Crippen LogP contribution is 2.27. The van der Waals surface area contributed by atoms with Gasteiger partial charge in [0.25, 0.3) is 0 Å². The normalized spacial score (nSPS) is 22.2. The zero-order valence-electron chi connectivity index (χ0n) is 13.1. The lowest BCUT2D eigenvalue weighted by Gasteiger charge is -2.31. The third kappa shape index (κ3) is 3.45.